The van der Waals surface area contributed by atoms with Crippen molar-refractivity contribution in [3.63, 3.8) is 0 Å². The summed E-state index contributed by atoms with van der Waals surface area (Å²) in [7, 11) is 0. The van der Waals surface area contributed by atoms with Gasteiger partial charge in [0.1, 0.15) is 5.75 Å². The van der Waals surface area contributed by atoms with Crippen LogP contribution >= 0.6 is 11.6 Å². The predicted octanol–water partition coefficient (Wildman–Crippen LogP) is 3.70. The summed E-state index contributed by atoms with van der Waals surface area (Å²) in [4.78, 5) is 26.3. The molecule has 1 heterocycles. The van der Waals surface area contributed by atoms with E-state index in [0.717, 1.165) is 12.8 Å². The molecule has 2 rings (SSSR count). The Balaban J connectivity index is 1.78. The third-order valence-corrected chi connectivity index (χ3v) is 5.18. The zero-order valence-electron chi connectivity index (χ0n) is 16.5. The normalized spacial score (nSPS) is 16.3. The van der Waals surface area contributed by atoms with Crippen LogP contribution in [0.4, 0.5) is 0 Å². The zero-order chi connectivity index (χ0) is 19.8. The van der Waals surface area contributed by atoms with Gasteiger partial charge in [-0.05, 0) is 49.8 Å². The van der Waals surface area contributed by atoms with Gasteiger partial charge < -0.3 is 15.0 Å². The molecule has 6 heteroatoms. The molecule has 1 aromatic rings. The van der Waals surface area contributed by atoms with Gasteiger partial charge in [0.05, 0.1) is 0 Å². The molecule has 1 unspecified atom stereocenters. The van der Waals surface area contributed by atoms with Crippen LogP contribution in [0.25, 0.3) is 0 Å². The first-order valence-electron chi connectivity index (χ1n) is 9.81. The Morgan fingerprint density at radius 3 is 2.37 bits per heavy atom. The van der Waals surface area contributed by atoms with E-state index < -0.39 is 6.10 Å². The smallest absolute Gasteiger partial charge is 0.263 e. The van der Waals surface area contributed by atoms with Crippen LogP contribution in [-0.2, 0) is 9.59 Å². The molecule has 5 nitrogen and oxygen atoms in total. The van der Waals surface area contributed by atoms with Crippen molar-refractivity contribution in [3.8, 4) is 5.75 Å². The van der Waals surface area contributed by atoms with Crippen LogP contribution in [0.2, 0.25) is 0 Å². The Labute approximate surface area is 167 Å². The standard InChI is InChI=1S/C21H31ClN2O3/c1-15(2)17-6-8-19(9-7-17)27-16(3)21(26)24-13-10-18(11-14-24)23-20(25)5-4-12-22/h6-9,15-16,18H,4-5,10-14H2,1-3H3,(H,23,25). The van der Waals surface area contributed by atoms with Crippen LogP contribution in [0.5, 0.6) is 5.75 Å². The molecule has 150 valence electrons. The lowest BCUT2D eigenvalue weighted by atomic mass is 10.0. The number of nitrogens with one attached hydrogen (secondary N) is 1. The molecule has 1 aromatic carbocycles. The monoisotopic (exact) mass is 394 g/mol. The number of likely N-dealkylation sites (tertiary alicyclic amines) is 1. The summed E-state index contributed by atoms with van der Waals surface area (Å²) in [5.41, 5.74) is 1.25. The molecular formula is C21H31ClN2O3. The number of rotatable bonds is 8. The highest BCUT2D eigenvalue weighted by molar-refractivity contribution is 6.17. The van der Waals surface area contributed by atoms with Gasteiger partial charge in [-0.3, -0.25) is 9.59 Å². The van der Waals surface area contributed by atoms with E-state index in [1.807, 2.05) is 29.2 Å². The highest BCUT2D eigenvalue weighted by atomic mass is 35.5. The molecule has 2 amide bonds. The van der Waals surface area contributed by atoms with E-state index in [0.29, 0.717) is 43.5 Å². The Morgan fingerprint density at radius 2 is 1.81 bits per heavy atom. The topological polar surface area (TPSA) is 58.6 Å². The summed E-state index contributed by atoms with van der Waals surface area (Å²) in [6.45, 7) is 7.36. The fourth-order valence-corrected chi connectivity index (χ4v) is 3.35. The number of piperidine rings is 1. The van der Waals surface area contributed by atoms with Crippen LogP contribution in [0.1, 0.15) is 57.9 Å². The van der Waals surface area contributed by atoms with E-state index in [1.165, 1.54) is 5.56 Å². The van der Waals surface area contributed by atoms with Crippen molar-refractivity contribution in [1.82, 2.24) is 10.2 Å². The number of benzene rings is 1. The Kier molecular flexibility index (Phi) is 8.42. The maximum Gasteiger partial charge on any atom is 0.263 e. The molecule has 0 aromatic heterocycles. The Bertz CT molecular complexity index is 610. The van der Waals surface area contributed by atoms with E-state index in [9.17, 15) is 9.59 Å². The lowest BCUT2D eigenvalue weighted by Gasteiger charge is -2.33. The minimum absolute atomic E-state index is 0.00477. The van der Waals surface area contributed by atoms with Gasteiger partial charge in [0, 0.05) is 31.4 Å². The largest absolute Gasteiger partial charge is 0.481 e. The second-order valence-corrected chi connectivity index (χ2v) is 7.82. The number of alkyl halides is 1. The second kappa shape index (κ2) is 10.5. The van der Waals surface area contributed by atoms with E-state index in [1.54, 1.807) is 6.92 Å². The van der Waals surface area contributed by atoms with E-state index in [4.69, 9.17) is 16.3 Å². The summed E-state index contributed by atoms with van der Waals surface area (Å²) in [5, 5.41) is 3.03. The lowest BCUT2D eigenvalue weighted by molar-refractivity contribution is -0.139. The van der Waals surface area contributed by atoms with Crippen LogP contribution in [0, 0.1) is 0 Å². The number of hydrogen-bond acceptors (Lipinski definition) is 3. The molecule has 0 spiro atoms. The Morgan fingerprint density at radius 1 is 1.19 bits per heavy atom. The summed E-state index contributed by atoms with van der Waals surface area (Å²) < 4.78 is 5.83. The number of nitrogens with zero attached hydrogens (tertiary/aromatic N) is 1. The SMILES string of the molecule is CC(Oc1ccc(C(C)C)cc1)C(=O)N1CCC(NC(=O)CCCCl)CC1. The lowest BCUT2D eigenvalue weighted by Crippen LogP contribution is -2.49. The summed E-state index contributed by atoms with van der Waals surface area (Å²) in [6, 6.07) is 8.05. The van der Waals surface area contributed by atoms with Crippen molar-refractivity contribution in [3.05, 3.63) is 29.8 Å². The van der Waals surface area contributed by atoms with Gasteiger partial charge >= 0.3 is 0 Å². The van der Waals surface area contributed by atoms with Crippen LogP contribution in [0.3, 0.4) is 0 Å². The number of amides is 2. The molecule has 1 aliphatic heterocycles. The molecule has 1 aliphatic rings. The average molecular weight is 395 g/mol. The fraction of sp³-hybridized carbons (Fsp3) is 0.619. The minimum Gasteiger partial charge on any atom is -0.481 e. The van der Waals surface area contributed by atoms with Gasteiger partial charge in [0.25, 0.3) is 5.91 Å². The quantitative estimate of drug-likeness (QED) is 0.684. The average Bonchev–Trinajstić information content (AvgIpc) is 2.66. The summed E-state index contributed by atoms with van der Waals surface area (Å²) in [6.07, 6.45) is 2.17. The number of halogens is 1. The maximum atomic E-state index is 12.6. The van der Waals surface area contributed by atoms with Gasteiger partial charge in [-0.15, -0.1) is 11.6 Å². The highest BCUT2D eigenvalue weighted by Crippen LogP contribution is 2.20. The zero-order valence-corrected chi connectivity index (χ0v) is 17.3. The molecule has 1 atom stereocenters. The van der Waals surface area contributed by atoms with E-state index in [-0.39, 0.29) is 17.9 Å². The van der Waals surface area contributed by atoms with Crippen molar-refractivity contribution in [2.75, 3.05) is 19.0 Å². The van der Waals surface area contributed by atoms with Crippen LogP contribution in [-0.4, -0.2) is 47.8 Å². The first-order chi connectivity index (χ1) is 12.9. The van der Waals surface area contributed by atoms with Gasteiger partial charge in [0.15, 0.2) is 6.10 Å². The first-order valence-corrected chi connectivity index (χ1v) is 10.3. The van der Waals surface area contributed by atoms with Crippen molar-refractivity contribution < 1.29 is 14.3 Å². The highest BCUT2D eigenvalue weighted by Gasteiger charge is 2.27. The third kappa shape index (κ3) is 6.73. The van der Waals surface area contributed by atoms with Crippen molar-refractivity contribution >= 4 is 23.4 Å². The van der Waals surface area contributed by atoms with Crippen LogP contribution in [0.15, 0.2) is 24.3 Å². The van der Waals surface area contributed by atoms with Gasteiger partial charge in [-0.25, -0.2) is 0 Å². The summed E-state index contributed by atoms with van der Waals surface area (Å²) >= 11 is 5.62. The molecule has 1 saturated heterocycles. The molecule has 27 heavy (non-hydrogen) atoms. The Hall–Kier alpha value is -1.75. The minimum atomic E-state index is -0.523. The molecule has 0 aliphatic carbocycles. The van der Waals surface area contributed by atoms with Crippen molar-refractivity contribution in [2.24, 2.45) is 0 Å². The summed E-state index contributed by atoms with van der Waals surface area (Å²) in [5.74, 6) is 1.71. The van der Waals surface area contributed by atoms with Crippen molar-refractivity contribution in [2.45, 2.75) is 64.5 Å². The maximum absolute atomic E-state index is 12.6. The number of carbonyl (C=O) groups excluding carboxylic acids is 2. The molecule has 1 fully saturated rings. The van der Waals surface area contributed by atoms with Gasteiger partial charge in [0.2, 0.25) is 5.91 Å². The first kappa shape index (κ1) is 21.5. The van der Waals surface area contributed by atoms with Gasteiger partial charge in [-0.1, -0.05) is 26.0 Å². The number of carbonyl (C=O) groups is 2. The third-order valence-electron chi connectivity index (χ3n) is 4.92. The molecule has 0 saturated carbocycles. The van der Waals surface area contributed by atoms with Gasteiger partial charge in [-0.2, -0.15) is 0 Å². The number of hydrogen-bond donors (Lipinski definition) is 1. The van der Waals surface area contributed by atoms with Crippen LogP contribution < -0.4 is 10.1 Å². The number of ether oxygens (including phenoxy) is 1. The molecule has 0 radical (unpaired) electrons. The van der Waals surface area contributed by atoms with Crippen molar-refractivity contribution in [1.29, 1.82) is 0 Å². The molecule has 1 N–H and O–H groups in total. The van der Waals surface area contributed by atoms with E-state index in [2.05, 4.69) is 19.2 Å². The van der Waals surface area contributed by atoms with E-state index >= 15 is 0 Å². The molecule has 0 bridgehead atoms. The second-order valence-electron chi connectivity index (χ2n) is 7.44. The fourth-order valence-electron chi connectivity index (χ4n) is 3.21. The predicted molar refractivity (Wildman–Crippen MR) is 108 cm³/mol. The molecular weight excluding hydrogens is 364 g/mol.